The highest BCUT2D eigenvalue weighted by molar-refractivity contribution is 6.32. The maximum atomic E-state index is 11.4. The summed E-state index contributed by atoms with van der Waals surface area (Å²) < 4.78 is 15.3. The molecule has 0 aliphatic carbocycles. The number of hydrogen-bond donors (Lipinski definition) is 1. The normalized spacial score (nSPS) is 11.3. The van der Waals surface area contributed by atoms with Crippen LogP contribution in [0, 0.1) is 0 Å². The Hall–Kier alpha value is -1.95. The van der Waals surface area contributed by atoms with E-state index in [1.807, 2.05) is 0 Å². The third-order valence-electron chi connectivity index (χ3n) is 2.22. The highest BCUT2D eigenvalue weighted by Crippen LogP contribution is 2.35. The molecule has 0 atom stereocenters. The Bertz CT molecular complexity index is 539. The summed E-state index contributed by atoms with van der Waals surface area (Å²) in [7, 11) is 3.01. The average Bonchev–Trinajstić information content (AvgIpc) is 2.35. The van der Waals surface area contributed by atoms with E-state index in [0.29, 0.717) is 22.1 Å². The number of amides is 1. The van der Waals surface area contributed by atoms with Crippen molar-refractivity contribution in [1.82, 2.24) is 5.43 Å². The molecular formula is C14H19ClN2O4. The van der Waals surface area contributed by atoms with Gasteiger partial charge in [-0.2, -0.15) is 5.10 Å². The molecule has 0 bridgehead atoms. The molecule has 0 radical (unpaired) electrons. The Morgan fingerprint density at radius 1 is 1.29 bits per heavy atom. The number of halogens is 1. The van der Waals surface area contributed by atoms with E-state index in [1.54, 1.807) is 32.9 Å². The first-order valence-electron chi connectivity index (χ1n) is 6.20. The van der Waals surface area contributed by atoms with E-state index in [0.717, 1.165) is 0 Å². The number of rotatable bonds is 4. The average molecular weight is 315 g/mol. The van der Waals surface area contributed by atoms with E-state index in [-0.39, 0.29) is 0 Å². The molecule has 0 aliphatic heterocycles. The second-order valence-electron chi connectivity index (χ2n) is 5.11. The number of nitrogens with zero attached hydrogens (tertiary/aromatic N) is 1. The quantitative estimate of drug-likeness (QED) is 0.684. The second-order valence-corrected chi connectivity index (χ2v) is 5.52. The largest absolute Gasteiger partial charge is 0.493 e. The van der Waals surface area contributed by atoms with Crippen molar-refractivity contribution in [2.24, 2.45) is 5.10 Å². The molecule has 116 valence electrons. The van der Waals surface area contributed by atoms with Gasteiger partial charge in [-0.25, -0.2) is 10.2 Å². The molecule has 1 aromatic rings. The van der Waals surface area contributed by atoms with Gasteiger partial charge >= 0.3 is 6.09 Å². The summed E-state index contributed by atoms with van der Waals surface area (Å²) in [6, 6.07) is 3.33. The van der Waals surface area contributed by atoms with E-state index < -0.39 is 11.7 Å². The molecule has 1 rings (SSSR count). The van der Waals surface area contributed by atoms with Crippen molar-refractivity contribution in [3.05, 3.63) is 22.7 Å². The van der Waals surface area contributed by atoms with E-state index in [9.17, 15) is 4.79 Å². The lowest BCUT2D eigenvalue weighted by Gasteiger charge is -2.18. The minimum Gasteiger partial charge on any atom is -0.493 e. The number of hydrazone groups is 1. The SMILES string of the molecule is COc1cc(/C=N/NC(=O)OC(C)(C)C)cc(Cl)c1OC. The molecule has 7 heteroatoms. The molecule has 6 nitrogen and oxygen atoms in total. The fourth-order valence-electron chi connectivity index (χ4n) is 1.47. The minimum atomic E-state index is -0.634. The smallest absolute Gasteiger partial charge is 0.428 e. The monoisotopic (exact) mass is 314 g/mol. The van der Waals surface area contributed by atoms with Gasteiger partial charge in [0.1, 0.15) is 5.60 Å². The summed E-state index contributed by atoms with van der Waals surface area (Å²) in [6.45, 7) is 5.30. The molecule has 0 spiro atoms. The molecular weight excluding hydrogens is 296 g/mol. The fourth-order valence-corrected chi connectivity index (χ4v) is 1.77. The van der Waals surface area contributed by atoms with Crippen LogP contribution < -0.4 is 14.9 Å². The number of benzene rings is 1. The van der Waals surface area contributed by atoms with Crippen LogP contribution in [0.1, 0.15) is 26.3 Å². The van der Waals surface area contributed by atoms with Gasteiger partial charge in [-0.15, -0.1) is 0 Å². The van der Waals surface area contributed by atoms with Crippen LogP contribution in [-0.4, -0.2) is 32.1 Å². The van der Waals surface area contributed by atoms with Crippen LogP contribution in [-0.2, 0) is 4.74 Å². The van der Waals surface area contributed by atoms with Crippen molar-refractivity contribution in [3.63, 3.8) is 0 Å². The van der Waals surface area contributed by atoms with E-state index in [4.69, 9.17) is 25.8 Å². The number of methoxy groups -OCH3 is 2. The van der Waals surface area contributed by atoms with Crippen molar-refractivity contribution >= 4 is 23.9 Å². The summed E-state index contributed by atoms with van der Waals surface area (Å²) in [5.41, 5.74) is 2.34. The Balaban J connectivity index is 2.77. The molecule has 21 heavy (non-hydrogen) atoms. The zero-order valence-corrected chi connectivity index (χ0v) is 13.4. The Labute approximate surface area is 129 Å². The van der Waals surface area contributed by atoms with Gasteiger partial charge in [-0.1, -0.05) is 11.6 Å². The van der Waals surface area contributed by atoms with Gasteiger partial charge in [0.15, 0.2) is 11.5 Å². The van der Waals surface area contributed by atoms with Crippen LogP contribution in [0.4, 0.5) is 4.79 Å². The summed E-state index contributed by atoms with van der Waals surface area (Å²) in [6.07, 6.45) is 0.794. The first-order chi connectivity index (χ1) is 9.76. The Morgan fingerprint density at radius 2 is 1.95 bits per heavy atom. The fraction of sp³-hybridized carbons (Fsp3) is 0.429. The number of nitrogens with one attached hydrogen (secondary N) is 1. The zero-order chi connectivity index (χ0) is 16.0. The standard InChI is InChI=1S/C14H19ClN2O4/c1-14(2,3)21-13(18)17-16-8-9-6-10(15)12(20-5)11(7-9)19-4/h6-8H,1-5H3,(H,17,18)/b16-8+. The Kier molecular flexibility index (Phi) is 5.84. The van der Waals surface area contributed by atoms with Crippen molar-refractivity contribution in [2.45, 2.75) is 26.4 Å². The van der Waals surface area contributed by atoms with Gasteiger partial charge < -0.3 is 14.2 Å². The highest BCUT2D eigenvalue weighted by Gasteiger charge is 2.15. The van der Waals surface area contributed by atoms with Crippen molar-refractivity contribution in [2.75, 3.05) is 14.2 Å². The van der Waals surface area contributed by atoms with Crippen LogP contribution >= 0.6 is 11.6 Å². The van der Waals surface area contributed by atoms with Crippen LogP contribution in [0.15, 0.2) is 17.2 Å². The van der Waals surface area contributed by atoms with Gasteiger partial charge in [0.2, 0.25) is 0 Å². The second kappa shape index (κ2) is 7.17. The molecule has 1 amide bonds. The van der Waals surface area contributed by atoms with E-state index in [2.05, 4.69) is 10.5 Å². The van der Waals surface area contributed by atoms with Gasteiger partial charge in [-0.05, 0) is 38.5 Å². The summed E-state index contributed by atoms with van der Waals surface area (Å²) >= 11 is 6.06. The molecule has 0 fully saturated rings. The third-order valence-corrected chi connectivity index (χ3v) is 2.50. The molecule has 0 aromatic heterocycles. The summed E-state index contributed by atoms with van der Waals surface area (Å²) in [5, 5.41) is 4.18. The molecule has 1 N–H and O–H groups in total. The summed E-state index contributed by atoms with van der Waals surface area (Å²) in [4.78, 5) is 11.4. The van der Waals surface area contributed by atoms with Crippen molar-refractivity contribution < 1.29 is 19.0 Å². The van der Waals surface area contributed by atoms with Crippen molar-refractivity contribution in [3.8, 4) is 11.5 Å². The first-order valence-corrected chi connectivity index (χ1v) is 6.58. The highest BCUT2D eigenvalue weighted by atomic mass is 35.5. The lowest BCUT2D eigenvalue weighted by molar-refractivity contribution is 0.0529. The molecule has 1 aromatic carbocycles. The molecule has 0 unspecified atom stereocenters. The van der Waals surface area contributed by atoms with Gasteiger partial charge in [0.05, 0.1) is 25.5 Å². The molecule has 0 aliphatic rings. The van der Waals surface area contributed by atoms with Crippen LogP contribution in [0.5, 0.6) is 11.5 Å². The number of carbonyl (C=O) groups excluding carboxylic acids is 1. The van der Waals surface area contributed by atoms with Crippen LogP contribution in [0.2, 0.25) is 5.02 Å². The number of carbonyl (C=O) groups is 1. The Morgan fingerprint density at radius 3 is 2.48 bits per heavy atom. The maximum absolute atomic E-state index is 11.4. The lowest BCUT2D eigenvalue weighted by Crippen LogP contribution is -2.29. The van der Waals surface area contributed by atoms with E-state index in [1.165, 1.54) is 20.4 Å². The van der Waals surface area contributed by atoms with E-state index >= 15 is 0 Å². The zero-order valence-electron chi connectivity index (χ0n) is 12.7. The molecule has 0 heterocycles. The topological polar surface area (TPSA) is 69.2 Å². The summed E-state index contributed by atoms with van der Waals surface area (Å²) in [5.74, 6) is 0.917. The number of hydrogen-bond acceptors (Lipinski definition) is 5. The lowest BCUT2D eigenvalue weighted by atomic mass is 10.2. The minimum absolute atomic E-state index is 0.385. The predicted molar refractivity (Wildman–Crippen MR) is 81.5 cm³/mol. The molecule has 0 saturated heterocycles. The number of ether oxygens (including phenoxy) is 3. The van der Waals surface area contributed by atoms with Gasteiger partial charge in [0.25, 0.3) is 0 Å². The van der Waals surface area contributed by atoms with Gasteiger partial charge in [0, 0.05) is 0 Å². The molecule has 0 saturated carbocycles. The van der Waals surface area contributed by atoms with Crippen LogP contribution in [0.3, 0.4) is 0 Å². The van der Waals surface area contributed by atoms with Crippen LogP contribution in [0.25, 0.3) is 0 Å². The van der Waals surface area contributed by atoms with Gasteiger partial charge in [-0.3, -0.25) is 0 Å². The first kappa shape index (κ1) is 17.1. The predicted octanol–water partition coefficient (Wildman–Crippen LogP) is 3.22. The third kappa shape index (κ3) is 5.51. The van der Waals surface area contributed by atoms with Crippen molar-refractivity contribution in [1.29, 1.82) is 0 Å². The maximum Gasteiger partial charge on any atom is 0.428 e.